The first-order valence-corrected chi connectivity index (χ1v) is 7.22. The lowest BCUT2D eigenvalue weighted by molar-refractivity contribution is -0.132. The van der Waals surface area contributed by atoms with Crippen molar-refractivity contribution in [3.05, 3.63) is 0 Å². The van der Waals surface area contributed by atoms with Gasteiger partial charge in [-0.25, -0.2) is 0 Å². The Labute approximate surface area is 110 Å². The van der Waals surface area contributed by atoms with Gasteiger partial charge in [0.15, 0.2) is 0 Å². The molecule has 2 aliphatic rings. The first-order chi connectivity index (χ1) is 8.65. The SMILES string of the molecule is CC(C)C1(C(=O)NCCC2CCOC2)CCNC1. The Morgan fingerprint density at radius 1 is 1.56 bits per heavy atom. The number of carbonyl (C=O) groups excluding carboxylic acids is 1. The Bertz CT molecular complexity index is 280. The van der Waals surface area contributed by atoms with Gasteiger partial charge in [-0.1, -0.05) is 13.8 Å². The molecule has 2 atom stereocenters. The lowest BCUT2D eigenvalue weighted by Crippen LogP contribution is -2.46. The molecule has 0 aromatic heterocycles. The molecular formula is C14H26N2O2. The van der Waals surface area contributed by atoms with Crippen molar-refractivity contribution in [2.75, 3.05) is 32.8 Å². The van der Waals surface area contributed by atoms with Gasteiger partial charge >= 0.3 is 0 Å². The Morgan fingerprint density at radius 3 is 2.94 bits per heavy atom. The molecule has 2 heterocycles. The summed E-state index contributed by atoms with van der Waals surface area (Å²) in [6.45, 7) is 8.63. The molecule has 2 aliphatic heterocycles. The van der Waals surface area contributed by atoms with Crippen LogP contribution in [-0.2, 0) is 9.53 Å². The highest BCUT2D eigenvalue weighted by Gasteiger charge is 2.43. The van der Waals surface area contributed by atoms with Crippen LogP contribution >= 0.6 is 0 Å². The highest BCUT2D eigenvalue weighted by molar-refractivity contribution is 5.83. The molecule has 1 amide bonds. The number of rotatable bonds is 5. The van der Waals surface area contributed by atoms with Gasteiger partial charge in [-0.15, -0.1) is 0 Å². The zero-order valence-corrected chi connectivity index (χ0v) is 11.6. The minimum atomic E-state index is -0.188. The number of ether oxygens (including phenoxy) is 1. The van der Waals surface area contributed by atoms with Crippen LogP contribution in [0.3, 0.4) is 0 Å². The van der Waals surface area contributed by atoms with E-state index in [0.29, 0.717) is 11.8 Å². The van der Waals surface area contributed by atoms with E-state index >= 15 is 0 Å². The summed E-state index contributed by atoms with van der Waals surface area (Å²) >= 11 is 0. The first-order valence-electron chi connectivity index (χ1n) is 7.22. The first kappa shape index (κ1) is 13.8. The van der Waals surface area contributed by atoms with E-state index in [-0.39, 0.29) is 11.3 Å². The van der Waals surface area contributed by atoms with Crippen LogP contribution in [0.2, 0.25) is 0 Å². The normalized spacial score (nSPS) is 32.1. The molecule has 0 bridgehead atoms. The number of hydrogen-bond acceptors (Lipinski definition) is 3. The molecule has 0 aromatic rings. The van der Waals surface area contributed by atoms with E-state index in [9.17, 15) is 4.79 Å². The number of hydrogen-bond donors (Lipinski definition) is 2. The molecule has 104 valence electrons. The van der Waals surface area contributed by atoms with Crippen LogP contribution in [0.25, 0.3) is 0 Å². The van der Waals surface area contributed by atoms with Crippen LogP contribution < -0.4 is 10.6 Å². The van der Waals surface area contributed by atoms with Crippen LogP contribution in [0, 0.1) is 17.3 Å². The van der Waals surface area contributed by atoms with Gasteiger partial charge in [-0.3, -0.25) is 4.79 Å². The molecule has 2 fully saturated rings. The Morgan fingerprint density at radius 2 is 2.39 bits per heavy atom. The van der Waals surface area contributed by atoms with Crippen molar-refractivity contribution in [3.8, 4) is 0 Å². The summed E-state index contributed by atoms with van der Waals surface area (Å²) in [6, 6.07) is 0. The molecule has 0 radical (unpaired) electrons. The van der Waals surface area contributed by atoms with Crippen molar-refractivity contribution >= 4 is 5.91 Å². The molecule has 2 saturated heterocycles. The molecule has 4 heteroatoms. The largest absolute Gasteiger partial charge is 0.381 e. The summed E-state index contributed by atoms with van der Waals surface area (Å²) in [7, 11) is 0. The maximum atomic E-state index is 12.4. The van der Waals surface area contributed by atoms with Gasteiger partial charge < -0.3 is 15.4 Å². The van der Waals surface area contributed by atoms with Gasteiger partial charge in [0.05, 0.1) is 5.41 Å². The Balaban J connectivity index is 1.78. The van der Waals surface area contributed by atoms with Crippen molar-refractivity contribution in [1.29, 1.82) is 0 Å². The predicted molar refractivity (Wildman–Crippen MR) is 71.3 cm³/mol. The van der Waals surface area contributed by atoms with Crippen LogP contribution in [0.4, 0.5) is 0 Å². The van der Waals surface area contributed by atoms with Crippen LogP contribution in [-0.4, -0.2) is 38.8 Å². The molecular weight excluding hydrogens is 228 g/mol. The molecule has 0 spiro atoms. The van der Waals surface area contributed by atoms with E-state index in [1.54, 1.807) is 0 Å². The third kappa shape index (κ3) is 2.86. The van der Waals surface area contributed by atoms with Crippen molar-refractivity contribution in [3.63, 3.8) is 0 Å². The maximum absolute atomic E-state index is 12.4. The molecule has 0 saturated carbocycles. The number of nitrogens with one attached hydrogen (secondary N) is 2. The molecule has 2 unspecified atom stereocenters. The highest BCUT2D eigenvalue weighted by atomic mass is 16.5. The van der Waals surface area contributed by atoms with E-state index in [0.717, 1.165) is 52.1 Å². The smallest absolute Gasteiger partial charge is 0.227 e. The summed E-state index contributed by atoms with van der Waals surface area (Å²) in [5.74, 6) is 1.27. The van der Waals surface area contributed by atoms with Crippen LogP contribution in [0.1, 0.15) is 33.1 Å². The van der Waals surface area contributed by atoms with Gasteiger partial charge in [-0.05, 0) is 37.6 Å². The molecule has 0 aromatic carbocycles. The van der Waals surface area contributed by atoms with Gasteiger partial charge in [0.25, 0.3) is 0 Å². The summed E-state index contributed by atoms with van der Waals surface area (Å²) < 4.78 is 5.35. The molecule has 18 heavy (non-hydrogen) atoms. The maximum Gasteiger partial charge on any atom is 0.227 e. The lowest BCUT2D eigenvalue weighted by Gasteiger charge is -2.31. The highest BCUT2D eigenvalue weighted by Crippen LogP contribution is 2.34. The van der Waals surface area contributed by atoms with Crippen molar-refractivity contribution in [1.82, 2.24) is 10.6 Å². The van der Waals surface area contributed by atoms with Crippen LogP contribution in [0.5, 0.6) is 0 Å². The summed E-state index contributed by atoms with van der Waals surface area (Å²) in [5.41, 5.74) is -0.188. The van der Waals surface area contributed by atoms with E-state index in [1.807, 2.05) is 0 Å². The average molecular weight is 254 g/mol. The van der Waals surface area contributed by atoms with Crippen molar-refractivity contribution in [2.24, 2.45) is 17.3 Å². The molecule has 2 rings (SSSR count). The minimum absolute atomic E-state index is 0.188. The summed E-state index contributed by atoms with van der Waals surface area (Å²) in [4.78, 5) is 12.4. The lowest BCUT2D eigenvalue weighted by atomic mass is 9.75. The Hall–Kier alpha value is -0.610. The van der Waals surface area contributed by atoms with E-state index in [4.69, 9.17) is 4.74 Å². The van der Waals surface area contributed by atoms with Crippen molar-refractivity contribution < 1.29 is 9.53 Å². The Kier molecular flexibility index (Phi) is 4.62. The monoisotopic (exact) mass is 254 g/mol. The average Bonchev–Trinajstić information content (AvgIpc) is 3.00. The fourth-order valence-corrected chi connectivity index (χ4v) is 3.04. The number of carbonyl (C=O) groups is 1. The molecule has 4 nitrogen and oxygen atoms in total. The third-order valence-corrected chi connectivity index (χ3v) is 4.61. The topological polar surface area (TPSA) is 50.4 Å². The quantitative estimate of drug-likeness (QED) is 0.774. The number of amides is 1. The minimum Gasteiger partial charge on any atom is -0.381 e. The van der Waals surface area contributed by atoms with Gasteiger partial charge in [0.2, 0.25) is 5.91 Å². The predicted octanol–water partition coefficient (Wildman–Crippen LogP) is 1.16. The second-order valence-electron chi connectivity index (χ2n) is 6.01. The third-order valence-electron chi connectivity index (χ3n) is 4.61. The van der Waals surface area contributed by atoms with Crippen molar-refractivity contribution in [2.45, 2.75) is 33.1 Å². The van der Waals surface area contributed by atoms with Gasteiger partial charge in [0.1, 0.15) is 0 Å². The fraction of sp³-hybridized carbons (Fsp3) is 0.929. The fourth-order valence-electron chi connectivity index (χ4n) is 3.04. The van der Waals surface area contributed by atoms with Crippen LogP contribution in [0.15, 0.2) is 0 Å². The summed E-state index contributed by atoms with van der Waals surface area (Å²) in [6.07, 6.45) is 3.16. The van der Waals surface area contributed by atoms with Gasteiger partial charge in [-0.2, -0.15) is 0 Å². The standard InChI is InChI=1S/C14H26N2O2/c1-11(2)14(5-7-15-10-14)13(17)16-6-3-12-4-8-18-9-12/h11-12,15H,3-10H2,1-2H3,(H,16,17). The second kappa shape index (κ2) is 6.02. The summed E-state index contributed by atoms with van der Waals surface area (Å²) in [5, 5.41) is 6.47. The zero-order valence-electron chi connectivity index (χ0n) is 11.6. The molecule has 0 aliphatic carbocycles. The second-order valence-corrected chi connectivity index (χ2v) is 6.01. The molecule has 2 N–H and O–H groups in total. The van der Waals surface area contributed by atoms with Gasteiger partial charge in [0, 0.05) is 26.3 Å². The van der Waals surface area contributed by atoms with E-state index in [2.05, 4.69) is 24.5 Å². The zero-order chi connectivity index (χ0) is 13.0. The van der Waals surface area contributed by atoms with E-state index < -0.39 is 0 Å². The van der Waals surface area contributed by atoms with E-state index in [1.165, 1.54) is 0 Å².